The number of nitrogens with two attached hydrogens (primary N) is 1. The Bertz CT molecular complexity index is 1030. The standard InChI is InChI=1S/C20H19FN6O/c1-12-7-15-16(18(22)28)8-14(21)9-17(15)27(12)20-25-11-24-19(26-20)23-10-13-5-3-2-4-6-13/h2-6,8-9,11-12H,7,10H2,1H3,(H2,22,28)(H,23,24,25,26). The zero-order chi connectivity index (χ0) is 19.7. The van der Waals surface area contributed by atoms with Gasteiger partial charge in [0.1, 0.15) is 12.1 Å². The molecule has 142 valence electrons. The zero-order valence-corrected chi connectivity index (χ0v) is 15.3. The highest BCUT2D eigenvalue weighted by Crippen LogP contribution is 2.39. The van der Waals surface area contributed by atoms with E-state index in [0.29, 0.717) is 36.1 Å². The van der Waals surface area contributed by atoms with E-state index in [1.807, 2.05) is 37.3 Å². The molecule has 3 aromatic rings. The van der Waals surface area contributed by atoms with Gasteiger partial charge in [-0.3, -0.25) is 4.79 Å². The predicted molar refractivity (Wildman–Crippen MR) is 104 cm³/mol. The number of primary amides is 1. The van der Waals surface area contributed by atoms with E-state index in [9.17, 15) is 9.18 Å². The third-order valence-corrected chi connectivity index (χ3v) is 4.72. The van der Waals surface area contributed by atoms with Crippen molar-refractivity contribution in [1.29, 1.82) is 0 Å². The number of halogens is 1. The van der Waals surface area contributed by atoms with E-state index in [1.165, 1.54) is 18.5 Å². The minimum absolute atomic E-state index is 0.0562. The lowest BCUT2D eigenvalue weighted by atomic mass is 10.0. The maximum absolute atomic E-state index is 14.1. The smallest absolute Gasteiger partial charge is 0.249 e. The molecule has 1 aliphatic rings. The summed E-state index contributed by atoms with van der Waals surface area (Å²) < 4.78 is 14.1. The Hall–Kier alpha value is -3.55. The van der Waals surface area contributed by atoms with E-state index in [4.69, 9.17) is 5.73 Å². The van der Waals surface area contributed by atoms with Gasteiger partial charge >= 0.3 is 0 Å². The summed E-state index contributed by atoms with van der Waals surface area (Å²) in [6.45, 7) is 2.53. The third kappa shape index (κ3) is 3.36. The van der Waals surface area contributed by atoms with Crippen LogP contribution in [0, 0.1) is 5.82 Å². The van der Waals surface area contributed by atoms with Crippen LogP contribution in [0.15, 0.2) is 48.8 Å². The lowest BCUT2D eigenvalue weighted by Crippen LogP contribution is -2.26. The Balaban J connectivity index is 1.65. The molecular formula is C20H19FN6O. The van der Waals surface area contributed by atoms with Crippen LogP contribution in [0.25, 0.3) is 0 Å². The topological polar surface area (TPSA) is 97.0 Å². The molecule has 0 saturated heterocycles. The second-order valence-corrected chi connectivity index (χ2v) is 6.69. The molecule has 28 heavy (non-hydrogen) atoms. The SMILES string of the molecule is CC1Cc2c(C(N)=O)cc(F)cc2N1c1ncnc(NCc2ccccc2)n1. The first-order valence-electron chi connectivity index (χ1n) is 8.91. The van der Waals surface area contributed by atoms with E-state index >= 15 is 0 Å². The minimum atomic E-state index is -0.648. The highest BCUT2D eigenvalue weighted by Gasteiger charge is 2.33. The number of hydrogen-bond acceptors (Lipinski definition) is 6. The molecule has 0 radical (unpaired) electrons. The highest BCUT2D eigenvalue weighted by molar-refractivity contribution is 5.97. The summed E-state index contributed by atoms with van der Waals surface area (Å²) >= 11 is 0. The van der Waals surface area contributed by atoms with Crippen molar-refractivity contribution in [2.45, 2.75) is 25.9 Å². The summed E-state index contributed by atoms with van der Waals surface area (Å²) in [5.41, 5.74) is 7.98. The Kier molecular flexibility index (Phi) is 4.60. The Morgan fingerprint density at radius 1 is 1.29 bits per heavy atom. The van der Waals surface area contributed by atoms with Crippen molar-refractivity contribution < 1.29 is 9.18 Å². The van der Waals surface area contributed by atoms with Crippen LogP contribution in [0.5, 0.6) is 0 Å². The van der Waals surface area contributed by atoms with Crippen molar-refractivity contribution >= 4 is 23.5 Å². The summed E-state index contributed by atoms with van der Waals surface area (Å²) in [5, 5.41) is 3.17. The minimum Gasteiger partial charge on any atom is -0.366 e. The molecule has 1 aromatic heterocycles. The average molecular weight is 378 g/mol. The first-order chi connectivity index (χ1) is 13.5. The number of carbonyl (C=O) groups is 1. The number of benzene rings is 2. The van der Waals surface area contributed by atoms with Crippen molar-refractivity contribution in [2.24, 2.45) is 5.73 Å². The Morgan fingerprint density at radius 3 is 2.82 bits per heavy atom. The number of carbonyl (C=O) groups excluding carboxylic acids is 1. The van der Waals surface area contributed by atoms with E-state index in [2.05, 4.69) is 20.3 Å². The number of amides is 1. The molecule has 8 heteroatoms. The zero-order valence-electron chi connectivity index (χ0n) is 15.3. The molecular weight excluding hydrogens is 359 g/mol. The average Bonchev–Trinajstić information content (AvgIpc) is 3.02. The van der Waals surface area contributed by atoms with Crippen molar-refractivity contribution in [3.8, 4) is 0 Å². The van der Waals surface area contributed by atoms with Crippen molar-refractivity contribution in [3.05, 3.63) is 71.3 Å². The molecule has 1 aliphatic heterocycles. The van der Waals surface area contributed by atoms with E-state index in [-0.39, 0.29) is 11.6 Å². The van der Waals surface area contributed by atoms with Crippen molar-refractivity contribution in [2.75, 3.05) is 10.2 Å². The maximum atomic E-state index is 14.1. The van der Waals surface area contributed by atoms with Gasteiger partial charge in [-0.1, -0.05) is 30.3 Å². The molecule has 7 nitrogen and oxygen atoms in total. The number of hydrogen-bond donors (Lipinski definition) is 2. The number of nitrogens with one attached hydrogen (secondary N) is 1. The first kappa shape index (κ1) is 17.8. The molecule has 4 rings (SSSR count). The maximum Gasteiger partial charge on any atom is 0.249 e. The number of aromatic nitrogens is 3. The van der Waals surface area contributed by atoms with E-state index in [0.717, 1.165) is 5.56 Å². The van der Waals surface area contributed by atoms with Gasteiger partial charge in [0.2, 0.25) is 17.8 Å². The van der Waals surface area contributed by atoms with Gasteiger partial charge in [0.25, 0.3) is 0 Å². The summed E-state index contributed by atoms with van der Waals surface area (Å²) in [6, 6.07) is 12.4. The number of nitrogens with zero attached hydrogens (tertiary/aromatic N) is 4. The Labute approximate surface area is 161 Å². The van der Waals surface area contributed by atoms with Gasteiger partial charge < -0.3 is 16.0 Å². The largest absolute Gasteiger partial charge is 0.366 e. The fourth-order valence-corrected chi connectivity index (χ4v) is 3.47. The van der Waals surface area contributed by atoms with Crippen LogP contribution in [-0.2, 0) is 13.0 Å². The molecule has 1 amide bonds. The van der Waals surface area contributed by atoms with E-state index < -0.39 is 11.7 Å². The van der Waals surface area contributed by atoms with Gasteiger partial charge in [0, 0.05) is 18.2 Å². The van der Waals surface area contributed by atoms with Gasteiger partial charge in [-0.25, -0.2) is 14.4 Å². The van der Waals surface area contributed by atoms with Crippen LogP contribution in [0.3, 0.4) is 0 Å². The van der Waals surface area contributed by atoms with Crippen LogP contribution in [-0.4, -0.2) is 26.9 Å². The lowest BCUT2D eigenvalue weighted by Gasteiger charge is -2.22. The summed E-state index contributed by atoms with van der Waals surface area (Å²) in [6.07, 6.45) is 1.96. The highest BCUT2D eigenvalue weighted by atomic mass is 19.1. The molecule has 1 unspecified atom stereocenters. The molecule has 0 fully saturated rings. The van der Waals surface area contributed by atoms with Gasteiger partial charge in [-0.15, -0.1) is 0 Å². The first-order valence-corrected chi connectivity index (χ1v) is 8.91. The predicted octanol–water partition coefficient (Wildman–Crippen LogP) is 2.80. The molecule has 0 saturated carbocycles. The summed E-state index contributed by atoms with van der Waals surface area (Å²) in [5.74, 6) is -0.368. The fourth-order valence-electron chi connectivity index (χ4n) is 3.47. The fraction of sp³-hybridized carbons (Fsp3) is 0.200. The molecule has 0 bridgehead atoms. The normalized spacial score (nSPS) is 15.4. The number of anilines is 3. The molecule has 0 aliphatic carbocycles. The Morgan fingerprint density at radius 2 is 2.07 bits per heavy atom. The number of fused-ring (bicyclic) bond motifs is 1. The van der Waals surface area contributed by atoms with Crippen LogP contribution in [0.2, 0.25) is 0 Å². The van der Waals surface area contributed by atoms with Crippen molar-refractivity contribution in [3.63, 3.8) is 0 Å². The molecule has 2 heterocycles. The monoisotopic (exact) mass is 378 g/mol. The van der Waals surface area contributed by atoms with Gasteiger partial charge in [0.05, 0.1) is 5.69 Å². The lowest BCUT2D eigenvalue weighted by molar-refractivity contribution is 0.0999. The second kappa shape index (κ2) is 7.22. The van der Waals surface area contributed by atoms with Gasteiger partial charge in [-0.2, -0.15) is 4.98 Å². The quantitative estimate of drug-likeness (QED) is 0.709. The van der Waals surface area contributed by atoms with Crippen LogP contribution in [0.1, 0.15) is 28.4 Å². The molecule has 2 aromatic carbocycles. The molecule has 3 N–H and O–H groups in total. The molecule has 0 spiro atoms. The summed E-state index contributed by atoms with van der Waals surface area (Å²) in [7, 11) is 0. The van der Waals surface area contributed by atoms with Gasteiger partial charge in [-0.05, 0) is 36.6 Å². The van der Waals surface area contributed by atoms with Crippen LogP contribution >= 0.6 is 0 Å². The third-order valence-electron chi connectivity index (χ3n) is 4.72. The van der Waals surface area contributed by atoms with Crippen LogP contribution in [0.4, 0.5) is 22.0 Å². The molecule has 1 atom stereocenters. The van der Waals surface area contributed by atoms with Crippen LogP contribution < -0.4 is 16.0 Å². The second-order valence-electron chi connectivity index (χ2n) is 6.69. The summed E-state index contributed by atoms with van der Waals surface area (Å²) in [4.78, 5) is 26.4. The van der Waals surface area contributed by atoms with E-state index in [1.54, 1.807) is 4.90 Å². The number of rotatable bonds is 5. The van der Waals surface area contributed by atoms with Gasteiger partial charge in [0.15, 0.2) is 0 Å². The van der Waals surface area contributed by atoms with Crippen molar-refractivity contribution in [1.82, 2.24) is 15.0 Å².